The van der Waals surface area contributed by atoms with Crippen molar-refractivity contribution in [2.24, 2.45) is 5.92 Å². The molecule has 1 aliphatic heterocycles. The molecule has 0 radical (unpaired) electrons. The number of rotatable bonds is 7. The normalized spacial score (nSPS) is 14.7. The van der Waals surface area contributed by atoms with Gasteiger partial charge in [0.05, 0.1) is 16.1 Å². The maximum atomic E-state index is 13.3. The predicted octanol–water partition coefficient (Wildman–Crippen LogP) is 6.23. The second-order valence-electron chi connectivity index (χ2n) is 8.35. The number of carbonyl (C=O) groups is 1. The Morgan fingerprint density at radius 2 is 1.62 bits per heavy atom. The molecule has 4 rings (SSSR count). The van der Waals surface area contributed by atoms with E-state index < -0.39 is 10.0 Å². The summed E-state index contributed by atoms with van der Waals surface area (Å²) in [6.07, 6.45) is 3.83. The molecule has 0 spiro atoms. The minimum atomic E-state index is -3.89. The molecule has 1 heterocycles. The quantitative estimate of drug-likeness (QED) is 0.380. The number of sulfonamides is 1. The fourth-order valence-electron chi connectivity index (χ4n) is 3.86. The van der Waals surface area contributed by atoms with E-state index >= 15 is 0 Å². The van der Waals surface area contributed by atoms with Gasteiger partial charge in [0.1, 0.15) is 0 Å². The Morgan fingerprint density at radius 1 is 0.941 bits per heavy atom. The lowest BCUT2D eigenvalue weighted by Gasteiger charge is -2.30. The highest BCUT2D eigenvalue weighted by molar-refractivity contribution is 7.99. The van der Waals surface area contributed by atoms with E-state index in [0.717, 1.165) is 27.5 Å². The van der Waals surface area contributed by atoms with Crippen molar-refractivity contribution in [3.63, 3.8) is 0 Å². The zero-order chi connectivity index (χ0) is 24.1. The molecule has 0 bridgehead atoms. The molecule has 1 fully saturated rings. The van der Waals surface area contributed by atoms with E-state index in [2.05, 4.69) is 11.6 Å². The van der Waals surface area contributed by atoms with Gasteiger partial charge >= 0.3 is 0 Å². The first kappa shape index (κ1) is 24.7. The van der Waals surface area contributed by atoms with Crippen molar-refractivity contribution in [2.45, 2.75) is 39.3 Å². The van der Waals surface area contributed by atoms with E-state index in [1.165, 1.54) is 29.6 Å². The zero-order valence-corrected chi connectivity index (χ0v) is 21.7. The van der Waals surface area contributed by atoms with Gasteiger partial charge in [-0.1, -0.05) is 49.0 Å². The maximum absolute atomic E-state index is 13.3. The van der Waals surface area contributed by atoms with Crippen LogP contribution >= 0.6 is 23.5 Å². The molecule has 3 aromatic carbocycles. The summed E-state index contributed by atoms with van der Waals surface area (Å²) in [6, 6.07) is 21.9. The smallest absolute Gasteiger partial charge is 0.261 e. The first-order valence-electron chi connectivity index (χ1n) is 11.2. The molecule has 3 aromatic rings. The van der Waals surface area contributed by atoms with Gasteiger partial charge in [-0.25, -0.2) is 8.42 Å². The number of amides is 1. The van der Waals surface area contributed by atoms with Gasteiger partial charge in [0.2, 0.25) is 0 Å². The van der Waals surface area contributed by atoms with Gasteiger partial charge in [-0.15, -0.1) is 11.8 Å². The fraction of sp³-hybridized carbons (Fsp3) is 0.269. The summed E-state index contributed by atoms with van der Waals surface area (Å²) in [5.41, 5.74) is 0.945. The van der Waals surface area contributed by atoms with Crippen molar-refractivity contribution in [1.29, 1.82) is 0 Å². The highest BCUT2D eigenvalue weighted by Crippen LogP contribution is 2.35. The third-order valence-electron chi connectivity index (χ3n) is 5.88. The number of nitrogens with zero attached hydrogens (tertiary/aromatic N) is 1. The SMILES string of the molecule is CSc1ccc(S(=O)(=O)Nc2ccccc2Sc2ccccc2)cc1C(=O)N1CCC(C)CC1. The van der Waals surface area contributed by atoms with Crippen LogP contribution in [0.4, 0.5) is 5.69 Å². The Hall–Kier alpha value is -2.42. The molecule has 0 atom stereocenters. The van der Waals surface area contributed by atoms with Crippen molar-refractivity contribution in [3.05, 3.63) is 78.4 Å². The number of hydrogen-bond acceptors (Lipinski definition) is 5. The molecule has 0 aliphatic carbocycles. The molecule has 8 heteroatoms. The van der Waals surface area contributed by atoms with Gasteiger partial charge in [0.15, 0.2) is 0 Å². The zero-order valence-electron chi connectivity index (χ0n) is 19.2. The minimum absolute atomic E-state index is 0.0820. The van der Waals surface area contributed by atoms with Crippen molar-refractivity contribution in [1.82, 2.24) is 4.90 Å². The first-order chi connectivity index (χ1) is 16.4. The fourth-order valence-corrected chi connectivity index (χ4v) is 6.53. The highest BCUT2D eigenvalue weighted by Gasteiger charge is 2.25. The molecule has 34 heavy (non-hydrogen) atoms. The molecule has 0 aromatic heterocycles. The molecular weight excluding hydrogens is 484 g/mol. The van der Waals surface area contributed by atoms with E-state index in [0.29, 0.717) is 30.3 Å². The number of benzene rings is 3. The summed E-state index contributed by atoms with van der Waals surface area (Å²) in [7, 11) is -3.89. The molecule has 1 aliphatic rings. The summed E-state index contributed by atoms with van der Waals surface area (Å²) in [5.74, 6) is 0.502. The Morgan fingerprint density at radius 3 is 2.32 bits per heavy atom. The second-order valence-corrected chi connectivity index (χ2v) is 12.0. The Labute approximate surface area is 210 Å². The van der Waals surface area contributed by atoms with Crippen LogP contribution in [0.3, 0.4) is 0 Å². The van der Waals surface area contributed by atoms with Crippen molar-refractivity contribution >= 4 is 45.1 Å². The second kappa shape index (κ2) is 10.9. The Balaban J connectivity index is 1.61. The van der Waals surface area contributed by atoms with Crippen LogP contribution in [-0.4, -0.2) is 38.6 Å². The number of piperidine rings is 1. The number of hydrogen-bond donors (Lipinski definition) is 1. The van der Waals surface area contributed by atoms with Gasteiger partial charge in [-0.05, 0) is 67.5 Å². The topological polar surface area (TPSA) is 66.5 Å². The third kappa shape index (κ3) is 5.79. The van der Waals surface area contributed by atoms with Crippen LogP contribution in [0.15, 0.2) is 92.4 Å². The average molecular weight is 513 g/mol. The average Bonchev–Trinajstić information content (AvgIpc) is 2.85. The molecular formula is C26H28N2O3S3. The van der Waals surface area contributed by atoms with E-state index in [9.17, 15) is 13.2 Å². The number of nitrogens with one attached hydrogen (secondary N) is 1. The van der Waals surface area contributed by atoms with Crippen molar-refractivity contribution < 1.29 is 13.2 Å². The molecule has 0 saturated carbocycles. The van der Waals surface area contributed by atoms with Crippen LogP contribution in [0.1, 0.15) is 30.1 Å². The molecule has 0 unspecified atom stereocenters. The lowest BCUT2D eigenvalue weighted by atomic mass is 9.98. The van der Waals surface area contributed by atoms with Crippen LogP contribution in [0.2, 0.25) is 0 Å². The van der Waals surface area contributed by atoms with E-state index in [-0.39, 0.29) is 10.8 Å². The molecule has 1 saturated heterocycles. The Kier molecular flexibility index (Phi) is 7.91. The number of carbonyl (C=O) groups excluding carboxylic acids is 1. The minimum Gasteiger partial charge on any atom is -0.339 e. The number of anilines is 1. The standard InChI is InChI=1S/C26H28N2O3S3/c1-19-14-16-28(17-15-19)26(29)22-18-21(12-13-24(22)32-2)34(30,31)27-23-10-6-7-11-25(23)33-20-8-4-3-5-9-20/h3-13,18-19,27H,14-17H2,1-2H3. The van der Waals surface area contributed by atoms with Gasteiger partial charge in [-0.3, -0.25) is 9.52 Å². The summed E-state index contributed by atoms with van der Waals surface area (Å²) >= 11 is 2.94. The number of para-hydroxylation sites is 1. The van der Waals surface area contributed by atoms with Gasteiger partial charge in [0, 0.05) is 27.8 Å². The monoisotopic (exact) mass is 512 g/mol. The van der Waals surface area contributed by atoms with Crippen LogP contribution in [-0.2, 0) is 10.0 Å². The molecule has 1 amide bonds. The molecule has 178 valence electrons. The van der Waals surface area contributed by atoms with Gasteiger partial charge in [0.25, 0.3) is 15.9 Å². The van der Waals surface area contributed by atoms with Crippen LogP contribution in [0.25, 0.3) is 0 Å². The lowest BCUT2D eigenvalue weighted by Crippen LogP contribution is -2.38. The van der Waals surface area contributed by atoms with Crippen molar-refractivity contribution in [2.75, 3.05) is 24.1 Å². The summed E-state index contributed by atoms with van der Waals surface area (Å²) < 4.78 is 29.4. The largest absolute Gasteiger partial charge is 0.339 e. The summed E-state index contributed by atoms with van der Waals surface area (Å²) in [6.45, 7) is 3.60. The Bertz CT molecular complexity index is 1260. The maximum Gasteiger partial charge on any atom is 0.261 e. The summed E-state index contributed by atoms with van der Waals surface area (Å²) in [5, 5.41) is 0. The van der Waals surface area contributed by atoms with Crippen LogP contribution in [0, 0.1) is 5.92 Å². The van der Waals surface area contributed by atoms with E-state index in [4.69, 9.17) is 0 Å². The number of likely N-dealkylation sites (tertiary alicyclic amines) is 1. The molecule has 5 nitrogen and oxygen atoms in total. The predicted molar refractivity (Wildman–Crippen MR) is 140 cm³/mol. The summed E-state index contributed by atoms with van der Waals surface area (Å²) in [4.78, 5) is 17.8. The van der Waals surface area contributed by atoms with E-state index in [1.807, 2.05) is 53.6 Å². The lowest BCUT2D eigenvalue weighted by molar-refractivity contribution is 0.0693. The third-order valence-corrected chi connectivity index (χ3v) is 9.13. The van der Waals surface area contributed by atoms with Crippen LogP contribution in [0.5, 0.6) is 0 Å². The first-order valence-corrected chi connectivity index (χ1v) is 14.7. The number of thioether (sulfide) groups is 1. The van der Waals surface area contributed by atoms with E-state index in [1.54, 1.807) is 24.3 Å². The molecule has 1 N–H and O–H groups in total. The van der Waals surface area contributed by atoms with Gasteiger partial charge in [-0.2, -0.15) is 0 Å². The highest BCUT2D eigenvalue weighted by atomic mass is 32.2. The van der Waals surface area contributed by atoms with Gasteiger partial charge < -0.3 is 4.90 Å². The van der Waals surface area contributed by atoms with Crippen molar-refractivity contribution in [3.8, 4) is 0 Å². The van der Waals surface area contributed by atoms with Crippen LogP contribution < -0.4 is 4.72 Å².